The van der Waals surface area contributed by atoms with Crippen molar-refractivity contribution in [1.29, 1.82) is 0 Å². The second kappa shape index (κ2) is 11.9. The normalized spacial score (nSPS) is 13.0. The van der Waals surface area contributed by atoms with E-state index in [-0.39, 0.29) is 5.60 Å². The summed E-state index contributed by atoms with van der Waals surface area (Å²) in [5, 5.41) is 0. The highest BCUT2D eigenvalue weighted by Gasteiger charge is 2.16. The Bertz CT molecular complexity index is 525. The molecule has 0 heterocycles. The molecule has 0 saturated carbocycles. The Morgan fingerprint density at radius 3 is 2.50 bits per heavy atom. The van der Waals surface area contributed by atoms with E-state index in [9.17, 15) is 0 Å². The van der Waals surface area contributed by atoms with Crippen LogP contribution in [0.5, 0.6) is 5.75 Å². The monoisotopic (exact) mass is 380 g/mol. The molecule has 150 valence electrons. The highest BCUT2D eigenvalue weighted by molar-refractivity contribution is 7.98. The Balaban J connectivity index is 2.48. The van der Waals surface area contributed by atoms with Crippen LogP contribution in [-0.2, 0) is 11.2 Å². The minimum absolute atomic E-state index is 0.000981. The molecule has 2 nitrogen and oxygen atoms in total. The Labute approximate surface area is 166 Å². The van der Waals surface area contributed by atoms with E-state index in [1.165, 1.54) is 41.7 Å². The van der Waals surface area contributed by atoms with Crippen LogP contribution in [0, 0.1) is 19.8 Å². The van der Waals surface area contributed by atoms with Gasteiger partial charge in [-0.05, 0) is 94.1 Å². The van der Waals surface area contributed by atoms with E-state index in [2.05, 4.69) is 53.0 Å². The van der Waals surface area contributed by atoms with Crippen LogP contribution < -0.4 is 4.74 Å². The van der Waals surface area contributed by atoms with Crippen molar-refractivity contribution in [2.45, 2.75) is 78.7 Å². The Kier molecular flexibility index (Phi) is 10.7. The van der Waals surface area contributed by atoms with Gasteiger partial charge in [0.1, 0.15) is 5.75 Å². The Morgan fingerprint density at radius 2 is 1.85 bits per heavy atom. The second-order valence-electron chi connectivity index (χ2n) is 8.25. The van der Waals surface area contributed by atoms with Crippen LogP contribution in [0.25, 0.3) is 0 Å². The first kappa shape index (κ1) is 23.4. The van der Waals surface area contributed by atoms with Gasteiger partial charge in [0.25, 0.3) is 0 Å². The number of methoxy groups -OCH3 is 1. The number of benzene rings is 1. The van der Waals surface area contributed by atoms with Crippen molar-refractivity contribution < 1.29 is 9.47 Å². The molecular weight excluding hydrogens is 340 g/mol. The zero-order valence-electron chi connectivity index (χ0n) is 18.1. The van der Waals surface area contributed by atoms with E-state index in [0.29, 0.717) is 5.92 Å². The van der Waals surface area contributed by atoms with Crippen LogP contribution in [0.3, 0.4) is 0 Å². The molecule has 26 heavy (non-hydrogen) atoms. The number of hydrogen-bond acceptors (Lipinski definition) is 3. The molecule has 3 heteroatoms. The summed E-state index contributed by atoms with van der Waals surface area (Å²) >= 11 is 1.92. The molecule has 0 aliphatic carbocycles. The van der Waals surface area contributed by atoms with E-state index >= 15 is 0 Å². The highest BCUT2D eigenvalue weighted by atomic mass is 32.2. The van der Waals surface area contributed by atoms with E-state index in [0.717, 1.165) is 31.6 Å². The van der Waals surface area contributed by atoms with Gasteiger partial charge in [-0.15, -0.1) is 0 Å². The van der Waals surface area contributed by atoms with Crippen LogP contribution in [0.4, 0.5) is 0 Å². The van der Waals surface area contributed by atoms with Crippen molar-refractivity contribution in [2.75, 3.05) is 25.7 Å². The summed E-state index contributed by atoms with van der Waals surface area (Å²) in [6, 6.07) is 4.49. The highest BCUT2D eigenvalue weighted by Crippen LogP contribution is 2.27. The van der Waals surface area contributed by atoms with Crippen molar-refractivity contribution >= 4 is 11.8 Å². The molecule has 0 spiro atoms. The lowest BCUT2D eigenvalue weighted by molar-refractivity contribution is 0.0126. The quantitative estimate of drug-likeness (QED) is 0.359. The minimum atomic E-state index is 0.000981. The van der Waals surface area contributed by atoms with Crippen LogP contribution in [0.15, 0.2) is 12.1 Å². The summed E-state index contributed by atoms with van der Waals surface area (Å²) in [5.41, 5.74) is 4.07. The summed E-state index contributed by atoms with van der Waals surface area (Å²) in [6.45, 7) is 11.9. The third-order valence-corrected chi connectivity index (χ3v) is 5.95. The molecule has 0 bridgehead atoms. The van der Waals surface area contributed by atoms with Crippen molar-refractivity contribution in [3.8, 4) is 5.75 Å². The van der Waals surface area contributed by atoms with Gasteiger partial charge in [-0.2, -0.15) is 11.8 Å². The Hall–Kier alpha value is -0.670. The van der Waals surface area contributed by atoms with Crippen LogP contribution in [0.2, 0.25) is 0 Å². The summed E-state index contributed by atoms with van der Waals surface area (Å²) in [7, 11) is 1.80. The first-order valence-electron chi connectivity index (χ1n) is 10.1. The fraction of sp³-hybridized carbons (Fsp3) is 0.739. The van der Waals surface area contributed by atoms with Gasteiger partial charge >= 0.3 is 0 Å². The maximum Gasteiger partial charge on any atom is 0.123 e. The summed E-state index contributed by atoms with van der Waals surface area (Å²) in [4.78, 5) is 0. The lowest BCUT2D eigenvalue weighted by Gasteiger charge is -2.23. The second-order valence-corrected chi connectivity index (χ2v) is 9.24. The van der Waals surface area contributed by atoms with Crippen LogP contribution in [-0.4, -0.2) is 31.3 Å². The number of aryl methyl sites for hydroxylation is 2. The van der Waals surface area contributed by atoms with Crippen molar-refractivity contribution in [2.24, 2.45) is 5.92 Å². The zero-order chi connectivity index (χ0) is 19.6. The SMILES string of the molecule is COC(C)(C)CCCC(C)CCOc1cc(C)cc(C)c1CCCSC. The summed E-state index contributed by atoms with van der Waals surface area (Å²) in [5.74, 6) is 3.01. The fourth-order valence-corrected chi connectivity index (χ4v) is 3.73. The van der Waals surface area contributed by atoms with Gasteiger partial charge in [-0.3, -0.25) is 0 Å². The van der Waals surface area contributed by atoms with E-state index < -0.39 is 0 Å². The van der Waals surface area contributed by atoms with Crippen molar-refractivity contribution in [3.05, 3.63) is 28.8 Å². The predicted octanol–water partition coefficient (Wildman–Crippen LogP) is 6.60. The number of rotatable bonds is 13. The minimum Gasteiger partial charge on any atom is -0.493 e. The molecule has 0 N–H and O–H groups in total. The van der Waals surface area contributed by atoms with Gasteiger partial charge in [0.15, 0.2) is 0 Å². The third kappa shape index (κ3) is 8.81. The van der Waals surface area contributed by atoms with E-state index in [1.54, 1.807) is 7.11 Å². The van der Waals surface area contributed by atoms with E-state index in [4.69, 9.17) is 9.47 Å². The van der Waals surface area contributed by atoms with Gasteiger partial charge in [0.05, 0.1) is 12.2 Å². The van der Waals surface area contributed by atoms with Gasteiger partial charge in [0.2, 0.25) is 0 Å². The lowest BCUT2D eigenvalue weighted by Crippen LogP contribution is -2.22. The van der Waals surface area contributed by atoms with E-state index in [1.807, 2.05) is 11.8 Å². The van der Waals surface area contributed by atoms with Gasteiger partial charge in [-0.25, -0.2) is 0 Å². The van der Waals surface area contributed by atoms with Gasteiger partial charge in [-0.1, -0.05) is 25.8 Å². The third-order valence-electron chi connectivity index (χ3n) is 5.25. The predicted molar refractivity (Wildman–Crippen MR) is 117 cm³/mol. The molecule has 0 amide bonds. The molecule has 0 aliphatic rings. The molecule has 1 aromatic rings. The summed E-state index contributed by atoms with van der Waals surface area (Å²) in [6.07, 6.45) is 9.19. The average molecular weight is 381 g/mol. The molecule has 0 fully saturated rings. The first-order valence-corrected chi connectivity index (χ1v) is 11.5. The first-order chi connectivity index (χ1) is 12.3. The maximum atomic E-state index is 6.24. The molecule has 0 radical (unpaired) electrons. The molecule has 0 aromatic heterocycles. The van der Waals surface area contributed by atoms with Crippen molar-refractivity contribution in [3.63, 3.8) is 0 Å². The number of thioether (sulfide) groups is 1. The molecule has 1 rings (SSSR count). The largest absolute Gasteiger partial charge is 0.493 e. The zero-order valence-corrected chi connectivity index (χ0v) is 18.9. The van der Waals surface area contributed by atoms with Crippen LogP contribution >= 0.6 is 11.8 Å². The maximum absolute atomic E-state index is 6.24. The smallest absolute Gasteiger partial charge is 0.123 e. The Morgan fingerprint density at radius 1 is 1.12 bits per heavy atom. The standard InChI is InChI=1S/C23H40O2S/c1-18(10-8-13-23(4,5)24-6)12-14-25-22-17-19(2)16-20(3)21(22)11-9-15-26-7/h16-18H,8-15H2,1-7H3. The van der Waals surface area contributed by atoms with Gasteiger partial charge < -0.3 is 9.47 Å². The molecular formula is C23H40O2S. The van der Waals surface area contributed by atoms with Crippen molar-refractivity contribution in [1.82, 2.24) is 0 Å². The molecule has 1 aromatic carbocycles. The average Bonchev–Trinajstić information content (AvgIpc) is 2.57. The van der Waals surface area contributed by atoms with Crippen LogP contribution in [0.1, 0.15) is 69.6 Å². The number of ether oxygens (including phenoxy) is 2. The molecule has 0 saturated heterocycles. The molecule has 1 unspecified atom stereocenters. The lowest BCUT2D eigenvalue weighted by atomic mass is 9.95. The fourth-order valence-electron chi connectivity index (χ4n) is 3.29. The number of hydrogen-bond donors (Lipinski definition) is 0. The summed E-state index contributed by atoms with van der Waals surface area (Å²) < 4.78 is 11.7. The topological polar surface area (TPSA) is 18.5 Å². The van der Waals surface area contributed by atoms with Gasteiger partial charge in [0, 0.05) is 7.11 Å². The molecule has 0 aliphatic heterocycles. The molecule has 1 atom stereocenters.